The van der Waals surface area contributed by atoms with Crippen molar-refractivity contribution in [2.24, 2.45) is 0 Å². The number of amides is 4. The molecule has 2 aliphatic heterocycles. The number of carbonyl (C=O) groups excluding carboxylic acids is 3. The van der Waals surface area contributed by atoms with Crippen LogP contribution in [0, 0.1) is 0 Å². The number of carbonyl (C=O) groups is 3. The second kappa shape index (κ2) is 7.94. The van der Waals surface area contributed by atoms with Crippen molar-refractivity contribution in [3.05, 3.63) is 63.1 Å². The Bertz CT molecular complexity index is 1190. The van der Waals surface area contributed by atoms with E-state index in [1.54, 1.807) is 18.2 Å². The minimum absolute atomic E-state index is 0.0211. The molecule has 4 rings (SSSR count). The second-order valence-electron chi connectivity index (χ2n) is 8.85. The normalized spacial score (nSPS) is 21.6. The lowest BCUT2D eigenvalue weighted by Crippen LogP contribution is -2.54. The van der Waals surface area contributed by atoms with Crippen molar-refractivity contribution in [3.8, 4) is 0 Å². The van der Waals surface area contributed by atoms with E-state index in [0.717, 1.165) is 22.6 Å². The van der Waals surface area contributed by atoms with Gasteiger partial charge in [0.25, 0.3) is 11.8 Å². The zero-order valence-corrected chi connectivity index (χ0v) is 19.7. The molecule has 1 fully saturated rings. The van der Waals surface area contributed by atoms with Gasteiger partial charge >= 0.3 is 6.03 Å². The van der Waals surface area contributed by atoms with Gasteiger partial charge in [0.2, 0.25) is 0 Å². The predicted molar refractivity (Wildman–Crippen MR) is 127 cm³/mol. The van der Waals surface area contributed by atoms with Crippen LogP contribution in [0.4, 0.5) is 16.2 Å². The zero-order valence-electron chi connectivity index (χ0n) is 18.2. The van der Waals surface area contributed by atoms with Crippen LogP contribution in [0.3, 0.4) is 0 Å². The van der Waals surface area contributed by atoms with E-state index in [9.17, 15) is 14.4 Å². The van der Waals surface area contributed by atoms with Gasteiger partial charge in [0.1, 0.15) is 5.57 Å². The van der Waals surface area contributed by atoms with E-state index in [4.69, 9.17) is 23.2 Å². The van der Waals surface area contributed by atoms with Crippen LogP contribution in [0.5, 0.6) is 0 Å². The number of urea groups is 1. The van der Waals surface area contributed by atoms with Crippen molar-refractivity contribution < 1.29 is 14.4 Å². The van der Waals surface area contributed by atoms with Gasteiger partial charge in [0, 0.05) is 28.3 Å². The first-order chi connectivity index (χ1) is 15.0. The highest BCUT2D eigenvalue weighted by Gasteiger charge is 2.38. The molecular formula is C24H23Cl2N3O3. The molecule has 0 aliphatic carbocycles. The van der Waals surface area contributed by atoms with Crippen LogP contribution in [-0.4, -0.2) is 30.4 Å². The average Bonchev–Trinajstić information content (AvgIpc) is 2.69. The molecule has 1 saturated heterocycles. The summed E-state index contributed by atoms with van der Waals surface area (Å²) in [4.78, 5) is 41.2. The van der Waals surface area contributed by atoms with E-state index < -0.39 is 17.8 Å². The summed E-state index contributed by atoms with van der Waals surface area (Å²) in [6, 6.07) is 9.27. The lowest BCUT2D eigenvalue weighted by molar-refractivity contribution is -0.122. The smallest absolute Gasteiger partial charge is 0.335 e. The highest BCUT2D eigenvalue weighted by Crippen LogP contribution is 2.44. The van der Waals surface area contributed by atoms with Crippen LogP contribution in [-0.2, 0) is 9.59 Å². The van der Waals surface area contributed by atoms with Crippen LogP contribution in [0.2, 0.25) is 10.0 Å². The van der Waals surface area contributed by atoms with Gasteiger partial charge in [-0.25, -0.2) is 9.69 Å². The maximum Gasteiger partial charge on any atom is 0.335 e. The molecule has 1 atom stereocenters. The number of nitrogens with zero attached hydrogens (tertiary/aromatic N) is 2. The van der Waals surface area contributed by atoms with Crippen LogP contribution < -0.4 is 15.1 Å². The van der Waals surface area contributed by atoms with Gasteiger partial charge in [0.15, 0.2) is 0 Å². The van der Waals surface area contributed by atoms with E-state index in [0.29, 0.717) is 15.6 Å². The first-order valence-corrected chi connectivity index (χ1v) is 11.0. The second-order valence-corrected chi connectivity index (χ2v) is 9.69. The van der Waals surface area contributed by atoms with Crippen molar-refractivity contribution in [2.75, 3.05) is 16.8 Å². The van der Waals surface area contributed by atoms with E-state index >= 15 is 0 Å². The van der Waals surface area contributed by atoms with Gasteiger partial charge in [-0.15, -0.1) is 0 Å². The van der Waals surface area contributed by atoms with E-state index in [-0.39, 0.29) is 22.7 Å². The van der Waals surface area contributed by atoms with Crippen LogP contribution in [0.25, 0.3) is 6.08 Å². The molecule has 2 aromatic rings. The average molecular weight is 472 g/mol. The minimum atomic E-state index is -0.826. The van der Waals surface area contributed by atoms with Gasteiger partial charge in [-0.05, 0) is 73.7 Å². The Balaban J connectivity index is 1.78. The molecular weight excluding hydrogens is 449 g/mol. The number of imide groups is 2. The highest BCUT2D eigenvalue weighted by atomic mass is 35.5. The molecule has 0 bridgehead atoms. The Hall–Kier alpha value is -2.83. The first-order valence-electron chi connectivity index (χ1n) is 10.2. The topological polar surface area (TPSA) is 69.7 Å². The van der Waals surface area contributed by atoms with Crippen molar-refractivity contribution in [1.82, 2.24) is 5.32 Å². The Kier molecular flexibility index (Phi) is 5.55. The third-order valence-electron chi connectivity index (χ3n) is 6.22. The number of benzene rings is 2. The number of halogens is 2. The largest absolute Gasteiger partial charge is 0.369 e. The molecule has 8 heteroatoms. The molecule has 2 aliphatic rings. The third-order valence-corrected chi connectivity index (χ3v) is 6.78. The summed E-state index contributed by atoms with van der Waals surface area (Å²) in [6.45, 7) is 6.52. The van der Waals surface area contributed by atoms with Crippen LogP contribution in [0.15, 0.2) is 42.0 Å². The summed E-state index contributed by atoms with van der Waals surface area (Å²) < 4.78 is 0. The molecule has 1 N–H and O–H groups in total. The Morgan fingerprint density at radius 2 is 1.84 bits per heavy atom. The fraction of sp³-hybridized carbons (Fsp3) is 0.292. The maximum atomic E-state index is 13.1. The summed E-state index contributed by atoms with van der Waals surface area (Å²) >= 11 is 12.6. The summed E-state index contributed by atoms with van der Waals surface area (Å²) in [7, 11) is 2.03. The van der Waals surface area contributed by atoms with Crippen molar-refractivity contribution in [3.63, 3.8) is 0 Å². The minimum Gasteiger partial charge on any atom is -0.369 e. The summed E-state index contributed by atoms with van der Waals surface area (Å²) in [5.74, 6) is -1.23. The fourth-order valence-electron chi connectivity index (χ4n) is 4.38. The van der Waals surface area contributed by atoms with Gasteiger partial charge in [0.05, 0.1) is 5.69 Å². The number of fused-ring (bicyclic) bond motifs is 1. The van der Waals surface area contributed by atoms with Crippen LogP contribution in [0.1, 0.15) is 44.2 Å². The van der Waals surface area contributed by atoms with E-state index in [2.05, 4.69) is 31.0 Å². The number of nitrogens with one attached hydrogen (secondary N) is 1. The van der Waals surface area contributed by atoms with Gasteiger partial charge in [-0.1, -0.05) is 36.2 Å². The summed E-state index contributed by atoms with van der Waals surface area (Å²) in [6.07, 6.45) is 2.39. The zero-order chi connectivity index (χ0) is 23.4. The molecule has 32 heavy (non-hydrogen) atoms. The molecule has 0 radical (unpaired) electrons. The Morgan fingerprint density at radius 1 is 1.12 bits per heavy atom. The summed E-state index contributed by atoms with van der Waals surface area (Å²) in [5, 5.41) is 3.00. The van der Waals surface area contributed by atoms with E-state index in [1.807, 2.05) is 19.2 Å². The van der Waals surface area contributed by atoms with Gasteiger partial charge < -0.3 is 4.90 Å². The van der Waals surface area contributed by atoms with Crippen LogP contribution >= 0.6 is 23.2 Å². The lowest BCUT2D eigenvalue weighted by Gasteiger charge is -2.45. The molecule has 0 aromatic heterocycles. The number of anilines is 2. The molecule has 6 nitrogen and oxygen atoms in total. The quantitative estimate of drug-likeness (QED) is 0.471. The number of hydrogen-bond donors (Lipinski definition) is 1. The van der Waals surface area contributed by atoms with Crippen molar-refractivity contribution >= 4 is 58.5 Å². The lowest BCUT2D eigenvalue weighted by atomic mass is 9.80. The number of barbiturate groups is 1. The molecule has 0 saturated carbocycles. The predicted octanol–water partition coefficient (Wildman–Crippen LogP) is 5.38. The third kappa shape index (κ3) is 3.78. The van der Waals surface area contributed by atoms with Crippen molar-refractivity contribution in [2.45, 2.75) is 38.6 Å². The molecule has 0 spiro atoms. The first kappa shape index (κ1) is 22.4. The molecule has 1 unspecified atom stereocenters. The maximum absolute atomic E-state index is 13.1. The fourth-order valence-corrected chi connectivity index (χ4v) is 4.77. The monoisotopic (exact) mass is 471 g/mol. The summed E-state index contributed by atoms with van der Waals surface area (Å²) in [5.41, 5.74) is 2.73. The Labute approximate surface area is 196 Å². The SMILES string of the molecule is CC1CC(C)(C)N(C)c2cc(Cl)c(/C=C3/C(=O)NC(=O)N(c4cccc(Cl)c4)C3=O)cc21. The number of hydrogen-bond acceptors (Lipinski definition) is 4. The number of rotatable bonds is 2. The molecule has 166 valence electrons. The molecule has 4 amide bonds. The van der Waals surface area contributed by atoms with E-state index in [1.165, 1.54) is 12.1 Å². The highest BCUT2D eigenvalue weighted by molar-refractivity contribution is 6.40. The van der Waals surface area contributed by atoms with Crippen molar-refractivity contribution in [1.29, 1.82) is 0 Å². The molecule has 2 aromatic carbocycles. The van der Waals surface area contributed by atoms with Gasteiger partial charge in [-0.2, -0.15) is 0 Å². The standard InChI is InChI=1S/C24H23Cl2N3O3/c1-13-12-24(2,3)28(4)20-11-19(26)14(8-17(13)20)9-18-21(30)27-23(32)29(22(18)31)16-7-5-6-15(25)10-16/h5-11,13H,12H2,1-4H3,(H,27,30,32)/b18-9-. The van der Waals surface area contributed by atoms with Gasteiger partial charge in [-0.3, -0.25) is 14.9 Å². The Morgan fingerprint density at radius 3 is 2.53 bits per heavy atom. The molecule has 2 heterocycles.